The minimum Gasteiger partial charge on any atom is -0.508 e. The highest BCUT2D eigenvalue weighted by atomic mass is 16.5. The molecule has 0 amide bonds. The molecular weight excluding hydrogens is 368 g/mol. The molecule has 0 bridgehead atoms. The van der Waals surface area contributed by atoms with E-state index in [1.165, 1.54) is 12.2 Å². The summed E-state index contributed by atoms with van der Waals surface area (Å²) in [5.74, 6) is 1.54. The summed E-state index contributed by atoms with van der Waals surface area (Å²) in [5, 5.41) is 9.89. The van der Waals surface area contributed by atoms with Crippen molar-refractivity contribution < 1.29 is 24.1 Å². The van der Waals surface area contributed by atoms with Gasteiger partial charge in [-0.15, -0.1) is 0 Å². The van der Waals surface area contributed by atoms with E-state index in [9.17, 15) is 9.90 Å². The number of carbonyl (C=O) groups is 1. The molecule has 2 aromatic rings. The van der Waals surface area contributed by atoms with Crippen LogP contribution >= 0.6 is 0 Å². The fourth-order valence-corrected chi connectivity index (χ4v) is 2.44. The Morgan fingerprint density at radius 3 is 2.31 bits per heavy atom. The lowest BCUT2D eigenvalue weighted by molar-refractivity contribution is -0.110. The largest absolute Gasteiger partial charge is 0.508 e. The number of ketones is 1. The first kappa shape index (κ1) is 21.6. The van der Waals surface area contributed by atoms with E-state index >= 15 is 0 Å². The first-order chi connectivity index (χ1) is 14.0. The monoisotopic (exact) mass is 392 g/mol. The molecule has 2 rings (SSSR count). The molecule has 0 spiro atoms. The summed E-state index contributed by atoms with van der Waals surface area (Å²) in [5.41, 5.74) is 1.75. The van der Waals surface area contributed by atoms with Crippen molar-refractivity contribution in [2.24, 2.45) is 0 Å². The summed E-state index contributed by atoms with van der Waals surface area (Å²) in [6.45, 7) is 0. The van der Waals surface area contributed by atoms with Crippen LogP contribution in [0.5, 0.6) is 17.2 Å². The third-order valence-electron chi connectivity index (χ3n) is 3.90. The lowest BCUT2D eigenvalue weighted by Crippen LogP contribution is -1.90. The Labute approximate surface area is 170 Å². The number of hydrogen-bond acceptors (Lipinski definition) is 5. The van der Waals surface area contributed by atoms with Gasteiger partial charge in [0.05, 0.1) is 21.3 Å². The highest BCUT2D eigenvalue weighted by Crippen LogP contribution is 2.27. The van der Waals surface area contributed by atoms with Gasteiger partial charge in [0.2, 0.25) is 0 Å². The molecule has 0 aliphatic rings. The first-order valence-electron chi connectivity index (χ1n) is 8.89. The Hall–Kier alpha value is -3.73. The normalized spacial score (nSPS) is 12.0. The molecule has 0 aliphatic carbocycles. The summed E-state index contributed by atoms with van der Waals surface area (Å²) < 4.78 is 15.6. The van der Waals surface area contributed by atoms with Gasteiger partial charge in [0, 0.05) is 6.08 Å². The Morgan fingerprint density at radius 1 is 0.828 bits per heavy atom. The summed E-state index contributed by atoms with van der Waals surface area (Å²) in [7, 11) is 4.74. The molecular formula is C24H24O5. The standard InChI is InChI=1S/C24H24O5/c1-27-22-10-6-8-18(15-22)11-13-21(26)17-20(25)9-5-4-7-19-12-14-23(28-2)24(16-19)29-3/h4-17,26H,1-3H3/b7-4+,9-5+,13-11+,21-17?. The van der Waals surface area contributed by atoms with Crippen molar-refractivity contribution in [1.82, 2.24) is 0 Å². The molecule has 0 radical (unpaired) electrons. The molecule has 5 nitrogen and oxygen atoms in total. The van der Waals surface area contributed by atoms with Crippen LogP contribution < -0.4 is 14.2 Å². The van der Waals surface area contributed by atoms with Gasteiger partial charge in [-0.3, -0.25) is 4.79 Å². The average molecular weight is 392 g/mol. The summed E-state index contributed by atoms with van der Waals surface area (Å²) in [6.07, 6.45) is 10.8. The van der Waals surface area contributed by atoms with Crippen molar-refractivity contribution in [3.63, 3.8) is 0 Å². The number of aliphatic hydroxyl groups excluding tert-OH is 1. The smallest absolute Gasteiger partial charge is 0.182 e. The van der Waals surface area contributed by atoms with Crippen LogP contribution in [0, 0.1) is 0 Å². The maximum absolute atomic E-state index is 11.9. The minimum atomic E-state index is -0.324. The van der Waals surface area contributed by atoms with Gasteiger partial charge in [-0.25, -0.2) is 0 Å². The maximum atomic E-state index is 11.9. The Bertz CT molecular complexity index is 951. The molecule has 0 unspecified atom stereocenters. The Morgan fingerprint density at radius 2 is 1.59 bits per heavy atom. The van der Waals surface area contributed by atoms with E-state index in [2.05, 4.69) is 0 Å². The second-order valence-electron chi connectivity index (χ2n) is 5.91. The van der Waals surface area contributed by atoms with Crippen LogP contribution in [0.1, 0.15) is 11.1 Å². The van der Waals surface area contributed by atoms with Crippen molar-refractivity contribution >= 4 is 17.9 Å². The zero-order chi connectivity index (χ0) is 21.1. The highest BCUT2D eigenvalue weighted by molar-refractivity contribution is 6.00. The quantitative estimate of drug-likeness (QED) is 0.369. The number of hydrogen-bond donors (Lipinski definition) is 1. The van der Waals surface area contributed by atoms with Gasteiger partial charge < -0.3 is 19.3 Å². The molecule has 150 valence electrons. The second kappa shape index (κ2) is 11.2. The summed E-state index contributed by atoms with van der Waals surface area (Å²) in [6, 6.07) is 12.9. The number of methoxy groups -OCH3 is 3. The molecule has 2 aromatic carbocycles. The molecule has 0 fully saturated rings. The minimum absolute atomic E-state index is 0.133. The molecule has 1 N–H and O–H groups in total. The lowest BCUT2D eigenvalue weighted by Gasteiger charge is -2.07. The van der Waals surface area contributed by atoms with Crippen LogP contribution in [0.2, 0.25) is 0 Å². The SMILES string of the molecule is COc1cccc(/C=C/C(O)=CC(=O)/C=C/C=C/c2ccc(OC)c(OC)c2)c1. The van der Waals surface area contributed by atoms with E-state index in [-0.39, 0.29) is 11.5 Å². The van der Waals surface area contributed by atoms with E-state index in [0.717, 1.165) is 23.0 Å². The van der Waals surface area contributed by atoms with E-state index in [4.69, 9.17) is 14.2 Å². The second-order valence-corrected chi connectivity index (χ2v) is 5.91. The number of carbonyl (C=O) groups excluding carboxylic acids is 1. The zero-order valence-corrected chi connectivity index (χ0v) is 16.7. The zero-order valence-electron chi connectivity index (χ0n) is 16.7. The third-order valence-corrected chi connectivity index (χ3v) is 3.90. The van der Waals surface area contributed by atoms with Gasteiger partial charge in [0.15, 0.2) is 17.3 Å². The van der Waals surface area contributed by atoms with Crippen LogP contribution in [0.3, 0.4) is 0 Å². The van der Waals surface area contributed by atoms with Crippen molar-refractivity contribution in [1.29, 1.82) is 0 Å². The number of rotatable bonds is 9. The van der Waals surface area contributed by atoms with Crippen LogP contribution in [0.25, 0.3) is 12.2 Å². The number of allylic oxidation sites excluding steroid dienone is 5. The van der Waals surface area contributed by atoms with Crippen molar-refractivity contribution in [3.8, 4) is 17.2 Å². The number of aliphatic hydroxyl groups is 1. The van der Waals surface area contributed by atoms with Crippen molar-refractivity contribution in [3.05, 3.63) is 89.7 Å². The third kappa shape index (κ3) is 7.07. The predicted octanol–water partition coefficient (Wildman–Crippen LogP) is 5.01. The fraction of sp³-hybridized carbons (Fsp3) is 0.125. The molecule has 0 saturated heterocycles. The van der Waals surface area contributed by atoms with Gasteiger partial charge in [0.1, 0.15) is 11.5 Å². The summed E-state index contributed by atoms with van der Waals surface area (Å²) in [4.78, 5) is 11.9. The Kier molecular flexibility index (Phi) is 8.32. The van der Waals surface area contributed by atoms with Crippen molar-refractivity contribution in [2.45, 2.75) is 0 Å². The van der Waals surface area contributed by atoms with E-state index < -0.39 is 0 Å². The molecule has 0 atom stereocenters. The van der Waals surface area contributed by atoms with E-state index in [0.29, 0.717) is 11.5 Å². The van der Waals surface area contributed by atoms with Crippen LogP contribution in [-0.4, -0.2) is 32.2 Å². The average Bonchev–Trinajstić information content (AvgIpc) is 2.75. The topological polar surface area (TPSA) is 65.0 Å². The Balaban J connectivity index is 1.95. The van der Waals surface area contributed by atoms with E-state index in [1.54, 1.807) is 39.6 Å². The molecule has 0 aromatic heterocycles. The van der Waals surface area contributed by atoms with Crippen LogP contribution in [0.4, 0.5) is 0 Å². The number of ether oxygens (including phenoxy) is 3. The lowest BCUT2D eigenvalue weighted by atomic mass is 10.1. The van der Waals surface area contributed by atoms with Crippen molar-refractivity contribution in [2.75, 3.05) is 21.3 Å². The summed E-state index contributed by atoms with van der Waals surface area (Å²) >= 11 is 0. The molecule has 0 aliphatic heterocycles. The van der Waals surface area contributed by atoms with Crippen LogP contribution in [0.15, 0.2) is 78.6 Å². The predicted molar refractivity (Wildman–Crippen MR) is 115 cm³/mol. The molecule has 5 heteroatoms. The molecule has 0 saturated carbocycles. The van der Waals surface area contributed by atoms with Gasteiger partial charge in [0.25, 0.3) is 0 Å². The maximum Gasteiger partial charge on any atom is 0.182 e. The fourth-order valence-electron chi connectivity index (χ4n) is 2.44. The van der Waals surface area contributed by atoms with Gasteiger partial charge in [-0.2, -0.15) is 0 Å². The van der Waals surface area contributed by atoms with Crippen LogP contribution in [-0.2, 0) is 4.79 Å². The molecule has 29 heavy (non-hydrogen) atoms. The first-order valence-corrected chi connectivity index (χ1v) is 8.89. The highest BCUT2D eigenvalue weighted by Gasteiger charge is 2.02. The molecule has 0 heterocycles. The van der Waals surface area contributed by atoms with E-state index in [1.807, 2.05) is 48.5 Å². The van der Waals surface area contributed by atoms with Gasteiger partial charge in [-0.1, -0.05) is 42.5 Å². The number of benzene rings is 2. The van der Waals surface area contributed by atoms with Gasteiger partial charge >= 0.3 is 0 Å². The van der Waals surface area contributed by atoms with Gasteiger partial charge in [-0.05, 0) is 47.5 Å².